The van der Waals surface area contributed by atoms with Crippen LogP contribution in [0.4, 0.5) is 0 Å². The SMILES string of the molecule is CC(C)CCC(C)NC(=O)C1CCC1C(=O)O. The van der Waals surface area contributed by atoms with Gasteiger partial charge in [-0.05, 0) is 38.5 Å². The highest BCUT2D eigenvalue weighted by molar-refractivity contribution is 5.86. The summed E-state index contributed by atoms with van der Waals surface area (Å²) in [6.45, 7) is 6.29. The minimum absolute atomic E-state index is 0.0834. The zero-order valence-electron chi connectivity index (χ0n) is 10.9. The Morgan fingerprint density at radius 2 is 1.76 bits per heavy atom. The number of carboxylic acids is 1. The van der Waals surface area contributed by atoms with E-state index in [2.05, 4.69) is 19.2 Å². The largest absolute Gasteiger partial charge is 0.481 e. The summed E-state index contributed by atoms with van der Waals surface area (Å²) in [4.78, 5) is 22.6. The Kier molecular flexibility index (Phi) is 4.97. The molecule has 0 aliphatic heterocycles. The zero-order chi connectivity index (χ0) is 13.0. The fourth-order valence-electron chi connectivity index (χ4n) is 2.11. The summed E-state index contributed by atoms with van der Waals surface area (Å²) in [6, 6.07) is 0.139. The van der Waals surface area contributed by atoms with Crippen LogP contribution < -0.4 is 5.32 Å². The van der Waals surface area contributed by atoms with E-state index in [1.165, 1.54) is 0 Å². The molecule has 0 aromatic heterocycles. The van der Waals surface area contributed by atoms with Crippen molar-refractivity contribution in [3.8, 4) is 0 Å². The quantitative estimate of drug-likeness (QED) is 0.747. The first-order valence-electron chi connectivity index (χ1n) is 6.45. The summed E-state index contributed by atoms with van der Waals surface area (Å²) in [7, 11) is 0. The molecule has 1 saturated carbocycles. The molecule has 3 atom stereocenters. The lowest BCUT2D eigenvalue weighted by Gasteiger charge is -2.33. The predicted octanol–water partition coefficient (Wildman–Crippen LogP) is 2.04. The fourth-order valence-corrected chi connectivity index (χ4v) is 2.11. The first-order chi connectivity index (χ1) is 7.91. The van der Waals surface area contributed by atoms with Gasteiger partial charge in [0, 0.05) is 6.04 Å². The standard InChI is InChI=1S/C13H23NO3/c1-8(2)4-5-9(3)14-12(15)10-6-7-11(10)13(16)17/h8-11H,4-7H2,1-3H3,(H,14,15)(H,16,17). The van der Waals surface area contributed by atoms with Crippen molar-refractivity contribution in [1.29, 1.82) is 0 Å². The summed E-state index contributed by atoms with van der Waals surface area (Å²) < 4.78 is 0. The normalized spacial score (nSPS) is 25.2. The number of carbonyl (C=O) groups is 2. The van der Waals surface area contributed by atoms with Gasteiger partial charge in [0.05, 0.1) is 11.8 Å². The molecule has 0 radical (unpaired) electrons. The summed E-state index contributed by atoms with van der Waals surface area (Å²) in [5, 5.41) is 11.8. The van der Waals surface area contributed by atoms with E-state index < -0.39 is 11.9 Å². The van der Waals surface area contributed by atoms with Gasteiger partial charge < -0.3 is 10.4 Å². The van der Waals surface area contributed by atoms with E-state index in [-0.39, 0.29) is 17.9 Å². The maximum Gasteiger partial charge on any atom is 0.307 e. The highest BCUT2D eigenvalue weighted by atomic mass is 16.4. The Morgan fingerprint density at radius 3 is 2.18 bits per heavy atom. The second-order valence-corrected chi connectivity index (χ2v) is 5.51. The van der Waals surface area contributed by atoms with Gasteiger partial charge in [0.15, 0.2) is 0 Å². The zero-order valence-corrected chi connectivity index (χ0v) is 10.9. The van der Waals surface area contributed by atoms with Crippen LogP contribution in [0.25, 0.3) is 0 Å². The topological polar surface area (TPSA) is 66.4 Å². The van der Waals surface area contributed by atoms with Crippen LogP contribution in [-0.4, -0.2) is 23.0 Å². The third kappa shape index (κ3) is 4.02. The molecule has 1 amide bonds. The van der Waals surface area contributed by atoms with Gasteiger partial charge in [0.2, 0.25) is 5.91 Å². The molecule has 4 nitrogen and oxygen atoms in total. The van der Waals surface area contributed by atoms with Crippen molar-refractivity contribution in [3.63, 3.8) is 0 Å². The Morgan fingerprint density at radius 1 is 1.18 bits per heavy atom. The molecular formula is C13H23NO3. The van der Waals surface area contributed by atoms with E-state index in [0.717, 1.165) is 12.8 Å². The van der Waals surface area contributed by atoms with E-state index >= 15 is 0 Å². The van der Waals surface area contributed by atoms with Gasteiger partial charge in [-0.1, -0.05) is 13.8 Å². The smallest absolute Gasteiger partial charge is 0.307 e. The molecule has 3 unspecified atom stereocenters. The Balaban J connectivity index is 2.31. The van der Waals surface area contributed by atoms with Crippen LogP contribution >= 0.6 is 0 Å². The molecule has 0 heterocycles. The van der Waals surface area contributed by atoms with E-state index in [9.17, 15) is 9.59 Å². The molecule has 1 fully saturated rings. The maximum atomic E-state index is 11.8. The molecule has 0 aromatic rings. The Hall–Kier alpha value is -1.06. The second-order valence-electron chi connectivity index (χ2n) is 5.51. The average molecular weight is 241 g/mol. The van der Waals surface area contributed by atoms with Crippen molar-refractivity contribution in [2.75, 3.05) is 0 Å². The van der Waals surface area contributed by atoms with Crippen LogP contribution in [0.2, 0.25) is 0 Å². The molecule has 1 rings (SSSR count). The Bertz CT molecular complexity index is 288. The van der Waals surface area contributed by atoms with Gasteiger partial charge in [-0.15, -0.1) is 0 Å². The van der Waals surface area contributed by atoms with Crippen molar-refractivity contribution in [2.24, 2.45) is 17.8 Å². The fraction of sp³-hybridized carbons (Fsp3) is 0.846. The maximum absolute atomic E-state index is 11.8. The number of aliphatic carboxylic acids is 1. The van der Waals surface area contributed by atoms with Crippen LogP contribution in [0.3, 0.4) is 0 Å². The molecule has 0 aromatic carbocycles. The number of carboxylic acid groups (broad SMARTS) is 1. The number of hydrogen-bond acceptors (Lipinski definition) is 2. The number of rotatable bonds is 6. The first-order valence-corrected chi connectivity index (χ1v) is 6.45. The minimum atomic E-state index is -0.841. The summed E-state index contributed by atoms with van der Waals surface area (Å²) >= 11 is 0. The van der Waals surface area contributed by atoms with Crippen molar-refractivity contribution in [2.45, 2.75) is 52.5 Å². The third-order valence-corrected chi connectivity index (χ3v) is 3.49. The van der Waals surface area contributed by atoms with Gasteiger partial charge in [0.25, 0.3) is 0 Å². The summed E-state index contributed by atoms with van der Waals surface area (Å²) in [6.07, 6.45) is 3.37. The number of hydrogen-bond donors (Lipinski definition) is 2. The number of amides is 1. The van der Waals surface area contributed by atoms with Crippen molar-refractivity contribution < 1.29 is 14.7 Å². The highest BCUT2D eigenvalue weighted by Gasteiger charge is 2.41. The number of carbonyl (C=O) groups excluding carboxylic acids is 1. The lowest BCUT2D eigenvalue weighted by Crippen LogP contribution is -2.46. The first kappa shape index (κ1) is 14.0. The molecular weight excluding hydrogens is 218 g/mol. The average Bonchev–Trinajstić information content (AvgIpc) is 2.11. The summed E-state index contributed by atoms with van der Waals surface area (Å²) in [5.41, 5.74) is 0. The lowest BCUT2D eigenvalue weighted by molar-refractivity contribution is -0.152. The van der Waals surface area contributed by atoms with Crippen molar-refractivity contribution >= 4 is 11.9 Å². The predicted molar refractivity (Wildman–Crippen MR) is 65.5 cm³/mol. The van der Waals surface area contributed by atoms with Gasteiger partial charge in [0.1, 0.15) is 0 Å². The molecule has 1 aliphatic rings. The van der Waals surface area contributed by atoms with Crippen LogP contribution in [0.5, 0.6) is 0 Å². The molecule has 17 heavy (non-hydrogen) atoms. The van der Waals surface area contributed by atoms with E-state index in [1.54, 1.807) is 0 Å². The third-order valence-electron chi connectivity index (χ3n) is 3.49. The van der Waals surface area contributed by atoms with E-state index in [1.807, 2.05) is 6.92 Å². The van der Waals surface area contributed by atoms with Crippen LogP contribution in [0.1, 0.15) is 46.5 Å². The molecule has 2 N–H and O–H groups in total. The molecule has 0 bridgehead atoms. The van der Waals surface area contributed by atoms with Crippen LogP contribution in [0.15, 0.2) is 0 Å². The molecule has 98 valence electrons. The number of nitrogens with one attached hydrogen (secondary N) is 1. The van der Waals surface area contributed by atoms with E-state index in [0.29, 0.717) is 18.8 Å². The summed E-state index contributed by atoms with van der Waals surface area (Å²) in [5.74, 6) is -1.07. The molecule has 1 aliphatic carbocycles. The van der Waals surface area contributed by atoms with Crippen molar-refractivity contribution in [1.82, 2.24) is 5.32 Å². The molecule has 0 spiro atoms. The molecule has 4 heteroatoms. The van der Waals surface area contributed by atoms with Crippen LogP contribution in [-0.2, 0) is 9.59 Å². The highest BCUT2D eigenvalue weighted by Crippen LogP contribution is 2.34. The van der Waals surface area contributed by atoms with Gasteiger partial charge >= 0.3 is 5.97 Å². The van der Waals surface area contributed by atoms with Crippen molar-refractivity contribution in [3.05, 3.63) is 0 Å². The second kappa shape index (κ2) is 6.03. The van der Waals surface area contributed by atoms with Crippen LogP contribution in [0, 0.1) is 17.8 Å². The van der Waals surface area contributed by atoms with E-state index in [4.69, 9.17) is 5.11 Å². The van der Waals surface area contributed by atoms with Gasteiger partial charge in [-0.25, -0.2) is 0 Å². The lowest BCUT2D eigenvalue weighted by atomic mass is 9.73. The Labute approximate surface area is 103 Å². The molecule has 0 saturated heterocycles. The van der Waals surface area contributed by atoms with Gasteiger partial charge in [-0.2, -0.15) is 0 Å². The monoisotopic (exact) mass is 241 g/mol. The van der Waals surface area contributed by atoms with Gasteiger partial charge in [-0.3, -0.25) is 9.59 Å². The minimum Gasteiger partial charge on any atom is -0.481 e.